The fraction of sp³-hybridized carbons (Fsp3) is 0.231. The van der Waals surface area contributed by atoms with Crippen molar-refractivity contribution < 1.29 is 4.74 Å². The molecule has 0 amide bonds. The zero-order chi connectivity index (χ0) is 13.1. The molecule has 1 heterocycles. The summed E-state index contributed by atoms with van der Waals surface area (Å²) in [6, 6.07) is 5.71. The second kappa shape index (κ2) is 5.18. The van der Waals surface area contributed by atoms with Gasteiger partial charge in [0.1, 0.15) is 16.6 Å². The van der Waals surface area contributed by atoms with Crippen LogP contribution in [0, 0.1) is 6.92 Å². The fourth-order valence-electron chi connectivity index (χ4n) is 1.81. The third-order valence-corrected chi connectivity index (χ3v) is 3.06. The van der Waals surface area contributed by atoms with Gasteiger partial charge in [-0.05, 0) is 25.1 Å². The van der Waals surface area contributed by atoms with Crippen LogP contribution in [0.4, 0.5) is 0 Å². The molecular formula is C13H15N3OS. The van der Waals surface area contributed by atoms with Crippen molar-refractivity contribution in [2.75, 3.05) is 7.11 Å². The van der Waals surface area contributed by atoms with Gasteiger partial charge in [0.25, 0.3) is 0 Å². The third-order valence-electron chi connectivity index (χ3n) is 2.83. The summed E-state index contributed by atoms with van der Waals surface area (Å²) in [5.41, 5.74) is 7.53. The second-order valence-corrected chi connectivity index (χ2v) is 4.43. The molecule has 2 rings (SSSR count). The molecule has 0 atom stereocenters. The number of rotatable bonds is 4. The Labute approximate surface area is 111 Å². The molecule has 2 aromatic rings. The van der Waals surface area contributed by atoms with Gasteiger partial charge in [0.15, 0.2) is 0 Å². The Morgan fingerprint density at radius 1 is 1.50 bits per heavy atom. The molecule has 0 saturated heterocycles. The first-order valence-corrected chi connectivity index (χ1v) is 5.97. The van der Waals surface area contributed by atoms with Crippen molar-refractivity contribution >= 4 is 17.2 Å². The van der Waals surface area contributed by atoms with Crippen LogP contribution in [-0.4, -0.2) is 21.6 Å². The lowest BCUT2D eigenvalue weighted by Crippen LogP contribution is -2.11. The van der Waals surface area contributed by atoms with Crippen molar-refractivity contribution in [3.8, 4) is 5.75 Å². The third kappa shape index (κ3) is 2.51. The number of hydrogen-bond donors (Lipinski definition) is 1. The Morgan fingerprint density at radius 2 is 2.28 bits per heavy atom. The molecule has 0 aliphatic carbocycles. The molecule has 0 aliphatic rings. The minimum Gasteiger partial charge on any atom is -0.496 e. The van der Waals surface area contributed by atoms with Gasteiger partial charge in [-0.15, -0.1) is 0 Å². The number of ether oxygens (including phenoxy) is 1. The Hall–Kier alpha value is -1.88. The fourth-order valence-corrected chi connectivity index (χ4v) is 1.94. The van der Waals surface area contributed by atoms with Gasteiger partial charge in [0, 0.05) is 23.5 Å². The van der Waals surface area contributed by atoms with E-state index in [4.69, 9.17) is 22.7 Å². The average Bonchev–Trinajstić information content (AvgIpc) is 2.75. The van der Waals surface area contributed by atoms with Gasteiger partial charge in [-0.3, -0.25) is 0 Å². The first-order chi connectivity index (χ1) is 8.61. The maximum atomic E-state index is 5.65. The lowest BCUT2D eigenvalue weighted by atomic mass is 10.1. The Bertz CT molecular complexity index is 577. The molecule has 1 aromatic carbocycles. The van der Waals surface area contributed by atoms with Crippen LogP contribution < -0.4 is 10.5 Å². The number of nitrogens with two attached hydrogens (primary N) is 1. The summed E-state index contributed by atoms with van der Waals surface area (Å²) in [7, 11) is 1.65. The van der Waals surface area contributed by atoms with Crippen molar-refractivity contribution in [2.24, 2.45) is 5.73 Å². The van der Waals surface area contributed by atoms with E-state index in [1.807, 2.05) is 35.9 Å². The normalized spacial score (nSPS) is 10.3. The molecule has 2 N–H and O–H groups in total. The monoisotopic (exact) mass is 261 g/mol. The molecule has 0 spiro atoms. The predicted octanol–water partition coefficient (Wildman–Crippen LogP) is 1.88. The van der Waals surface area contributed by atoms with Crippen LogP contribution in [0.3, 0.4) is 0 Å². The number of nitrogens with zero attached hydrogens (tertiary/aromatic N) is 2. The Balaban J connectivity index is 2.38. The summed E-state index contributed by atoms with van der Waals surface area (Å²) in [5, 5.41) is 0. The maximum Gasteiger partial charge on any atom is 0.123 e. The highest BCUT2D eigenvalue weighted by atomic mass is 32.1. The van der Waals surface area contributed by atoms with Crippen LogP contribution in [0.1, 0.15) is 17.0 Å². The molecule has 94 valence electrons. The van der Waals surface area contributed by atoms with E-state index >= 15 is 0 Å². The summed E-state index contributed by atoms with van der Waals surface area (Å²) in [5.74, 6) is 1.78. The van der Waals surface area contributed by atoms with Crippen LogP contribution in [0.25, 0.3) is 0 Å². The highest BCUT2D eigenvalue weighted by Crippen LogP contribution is 2.21. The van der Waals surface area contributed by atoms with Gasteiger partial charge in [-0.1, -0.05) is 12.2 Å². The van der Waals surface area contributed by atoms with E-state index < -0.39 is 0 Å². The van der Waals surface area contributed by atoms with Gasteiger partial charge in [-0.25, -0.2) is 4.98 Å². The molecule has 0 bridgehead atoms. The lowest BCUT2D eigenvalue weighted by molar-refractivity contribution is 0.408. The zero-order valence-electron chi connectivity index (χ0n) is 10.4. The number of aromatic nitrogens is 2. The Kier molecular flexibility index (Phi) is 3.62. The van der Waals surface area contributed by atoms with Crippen LogP contribution in [-0.2, 0) is 6.54 Å². The van der Waals surface area contributed by atoms with Crippen molar-refractivity contribution in [1.29, 1.82) is 0 Å². The SMILES string of the molecule is COc1ccc(C(N)=S)cc1Cn1ccnc1C. The molecule has 0 unspecified atom stereocenters. The van der Waals surface area contributed by atoms with E-state index in [0.717, 1.165) is 22.7 Å². The van der Waals surface area contributed by atoms with Gasteiger partial charge in [-0.2, -0.15) is 0 Å². The molecule has 0 fully saturated rings. The van der Waals surface area contributed by atoms with Gasteiger partial charge in [0.05, 0.1) is 13.7 Å². The van der Waals surface area contributed by atoms with Gasteiger partial charge in [0.2, 0.25) is 0 Å². The van der Waals surface area contributed by atoms with E-state index in [1.165, 1.54) is 0 Å². The van der Waals surface area contributed by atoms with Gasteiger partial charge >= 0.3 is 0 Å². The summed E-state index contributed by atoms with van der Waals surface area (Å²) >= 11 is 4.99. The number of hydrogen-bond acceptors (Lipinski definition) is 3. The molecule has 0 radical (unpaired) electrons. The number of benzene rings is 1. The number of imidazole rings is 1. The maximum absolute atomic E-state index is 5.65. The molecule has 0 saturated carbocycles. The summed E-state index contributed by atoms with van der Waals surface area (Å²) in [4.78, 5) is 4.59. The predicted molar refractivity (Wildman–Crippen MR) is 74.9 cm³/mol. The van der Waals surface area contributed by atoms with Crippen LogP contribution in [0.5, 0.6) is 5.75 Å². The number of thiocarbonyl (C=S) groups is 1. The van der Waals surface area contributed by atoms with Gasteiger partial charge < -0.3 is 15.0 Å². The first-order valence-electron chi connectivity index (χ1n) is 5.56. The minimum absolute atomic E-state index is 0.390. The standard InChI is InChI=1S/C13H15N3OS/c1-9-15-5-6-16(9)8-11-7-10(13(14)18)3-4-12(11)17-2/h3-7H,8H2,1-2H3,(H2,14,18). The molecule has 5 heteroatoms. The van der Waals surface area contributed by atoms with Crippen molar-refractivity contribution in [3.63, 3.8) is 0 Å². The highest BCUT2D eigenvalue weighted by molar-refractivity contribution is 7.80. The van der Waals surface area contributed by atoms with Crippen LogP contribution in [0.15, 0.2) is 30.6 Å². The number of aryl methyl sites for hydroxylation is 1. The first kappa shape index (κ1) is 12.6. The molecule has 4 nitrogen and oxygen atoms in total. The molecule has 0 aliphatic heterocycles. The summed E-state index contributed by atoms with van der Waals surface area (Å²) in [6.45, 7) is 2.65. The molecular weight excluding hydrogens is 246 g/mol. The lowest BCUT2D eigenvalue weighted by Gasteiger charge is -2.12. The van der Waals surface area contributed by atoms with Crippen LogP contribution >= 0.6 is 12.2 Å². The topological polar surface area (TPSA) is 53.1 Å². The summed E-state index contributed by atoms with van der Waals surface area (Å²) in [6.07, 6.45) is 3.71. The van der Waals surface area contributed by atoms with Crippen molar-refractivity contribution in [3.05, 3.63) is 47.5 Å². The quantitative estimate of drug-likeness (QED) is 0.854. The largest absolute Gasteiger partial charge is 0.496 e. The minimum atomic E-state index is 0.390. The summed E-state index contributed by atoms with van der Waals surface area (Å²) < 4.78 is 7.39. The van der Waals surface area contributed by atoms with Crippen molar-refractivity contribution in [1.82, 2.24) is 9.55 Å². The average molecular weight is 261 g/mol. The van der Waals surface area contributed by atoms with Crippen LogP contribution in [0.2, 0.25) is 0 Å². The van der Waals surface area contributed by atoms with E-state index in [-0.39, 0.29) is 0 Å². The van der Waals surface area contributed by atoms with E-state index in [1.54, 1.807) is 13.3 Å². The zero-order valence-corrected chi connectivity index (χ0v) is 11.2. The van der Waals surface area contributed by atoms with Crippen molar-refractivity contribution in [2.45, 2.75) is 13.5 Å². The second-order valence-electron chi connectivity index (χ2n) is 3.99. The number of methoxy groups -OCH3 is 1. The Morgan fingerprint density at radius 3 is 2.83 bits per heavy atom. The molecule has 1 aromatic heterocycles. The van der Waals surface area contributed by atoms with E-state index in [2.05, 4.69) is 4.98 Å². The molecule has 18 heavy (non-hydrogen) atoms. The van der Waals surface area contributed by atoms with E-state index in [9.17, 15) is 0 Å². The smallest absolute Gasteiger partial charge is 0.123 e. The highest BCUT2D eigenvalue weighted by Gasteiger charge is 2.08. The van der Waals surface area contributed by atoms with E-state index in [0.29, 0.717) is 11.5 Å².